The van der Waals surface area contributed by atoms with Crippen molar-refractivity contribution in [2.75, 3.05) is 13.7 Å². The van der Waals surface area contributed by atoms with E-state index < -0.39 is 0 Å². The number of hydrogen-bond acceptors (Lipinski definition) is 5. The van der Waals surface area contributed by atoms with E-state index >= 15 is 0 Å². The highest BCUT2D eigenvalue weighted by Gasteiger charge is 2.18. The van der Waals surface area contributed by atoms with Gasteiger partial charge < -0.3 is 14.2 Å². The quantitative estimate of drug-likeness (QED) is 0.531. The van der Waals surface area contributed by atoms with Crippen molar-refractivity contribution in [2.45, 2.75) is 46.1 Å². The fourth-order valence-corrected chi connectivity index (χ4v) is 2.68. The molecule has 0 aromatic heterocycles. The normalized spacial score (nSPS) is 11.6. The van der Waals surface area contributed by atoms with Gasteiger partial charge in [0.1, 0.15) is 5.75 Å². The second-order valence-electron chi connectivity index (χ2n) is 7.90. The van der Waals surface area contributed by atoms with Gasteiger partial charge >= 0.3 is 0 Å². The van der Waals surface area contributed by atoms with E-state index in [4.69, 9.17) is 14.2 Å². The summed E-state index contributed by atoms with van der Waals surface area (Å²) in [6, 6.07) is 13.2. The summed E-state index contributed by atoms with van der Waals surface area (Å²) in [6.07, 6.45) is 1.59. The monoisotopic (exact) mass is 398 g/mol. The molecule has 6 nitrogen and oxygen atoms in total. The van der Waals surface area contributed by atoms with Crippen LogP contribution in [-0.2, 0) is 10.2 Å². The van der Waals surface area contributed by atoms with Gasteiger partial charge in [-0.2, -0.15) is 5.10 Å². The Hall–Kier alpha value is -3.02. The van der Waals surface area contributed by atoms with Crippen molar-refractivity contribution < 1.29 is 19.0 Å². The van der Waals surface area contributed by atoms with Crippen molar-refractivity contribution in [2.24, 2.45) is 5.10 Å². The minimum atomic E-state index is -0.336. The van der Waals surface area contributed by atoms with E-state index in [0.717, 1.165) is 11.1 Å². The third kappa shape index (κ3) is 6.82. The number of carbonyl (C=O) groups excluding carboxylic acids is 1. The first-order chi connectivity index (χ1) is 13.7. The van der Waals surface area contributed by atoms with Gasteiger partial charge in [-0.3, -0.25) is 4.79 Å². The Balaban J connectivity index is 1.94. The van der Waals surface area contributed by atoms with Crippen molar-refractivity contribution in [3.8, 4) is 17.2 Å². The molecule has 0 radical (unpaired) electrons. The topological polar surface area (TPSA) is 69.2 Å². The van der Waals surface area contributed by atoms with Crippen molar-refractivity contribution in [3.63, 3.8) is 0 Å². The number of carbonyl (C=O) groups is 1. The van der Waals surface area contributed by atoms with Crippen LogP contribution >= 0.6 is 0 Å². The smallest absolute Gasteiger partial charge is 0.277 e. The minimum absolute atomic E-state index is 0.0473. The van der Waals surface area contributed by atoms with Crippen LogP contribution in [0.1, 0.15) is 45.7 Å². The molecular formula is C23H30N2O4. The SMILES string of the molecule is COc1cc(/C=N/NC(=O)COc2ccccc2C(C)(C)C)ccc1OC(C)C. The molecule has 1 amide bonds. The number of rotatable bonds is 8. The molecule has 0 aliphatic heterocycles. The van der Waals surface area contributed by atoms with Crippen LogP contribution in [0.25, 0.3) is 0 Å². The summed E-state index contributed by atoms with van der Waals surface area (Å²) in [5, 5.41) is 3.99. The third-order valence-electron chi connectivity index (χ3n) is 4.01. The molecule has 0 unspecified atom stereocenters. The van der Waals surface area contributed by atoms with Crippen molar-refractivity contribution in [3.05, 3.63) is 53.6 Å². The van der Waals surface area contributed by atoms with Crippen LogP contribution in [0.4, 0.5) is 0 Å². The number of nitrogens with one attached hydrogen (secondary N) is 1. The van der Waals surface area contributed by atoms with E-state index in [1.54, 1.807) is 19.4 Å². The van der Waals surface area contributed by atoms with Crippen LogP contribution in [0.15, 0.2) is 47.6 Å². The van der Waals surface area contributed by atoms with E-state index in [9.17, 15) is 4.79 Å². The Morgan fingerprint density at radius 1 is 1.10 bits per heavy atom. The third-order valence-corrected chi connectivity index (χ3v) is 4.01. The van der Waals surface area contributed by atoms with Crippen LogP contribution in [0.5, 0.6) is 17.2 Å². The fraction of sp³-hybridized carbons (Fsp3) is 0.391. The molecule has 0 aliphatic rings. The number of para-hydroxylation sites is 1. The standard InChI is InChI=1S/C23H30N2O4/c1-16(2)29-20-12-11-17(13-21(20)27-6)14-24-25-22(26)15-28-19-10-8-7-9-18(19)23(3,4)5/h7-14,16H,15H2,1-6H3,(H,25,26)/b24-14+. The lowest BCUT2D eigenvalue weighted by Crippen LogP contribution is -2.25. The molecule has 1 N–H and O–H groups in total. The van der Waals surface area contributed by atoms with Crippen molar-refractivity contribution in [1.82, 2.24) is 5.43 Å². The maximum absolute atomic E-state index is 12.1. The van der Waals surface area contributed by atoms with Crippen molar-refractivity contribution >= 4 is 12.1 Å². The minimum Gasteiger partial charge on any atom is -0.493 e. The number of ether oxygens (including phenoxy) is 3. The average molecular weight is 399 g/mol. The Kier molecular flexibility index (Phi) is 7.65. The number of nitrogens with zero attached hydrogens (tertiary/aromatic N) is 1. The molecule has 0 saturated heterocycles. The van der Waals surface area contributed by atoms with E-state index in [0.29, 0.717) is 17.2 Å². The van der Waals surface area contributed by atoms with E-state index in [1.807, 2.05) is 50.2 Å². The van der Waals surface area contributed by atoms with Gasteiger partial charge in [0, 0.05) is 0 Å². The number of methoxy groups -OCH3 is 1. The van der Waals surface area contributed by atoms with Crippen LogP contribution in [0.2, 0.25) is 0 Å². The lowest BCUT2D eigenvalue weighted by Gasteiger charge is -2.22. The first-order valence-electron chi connectivity index (χ1n) is 9.59. The zero-order valence-electron chi connectivity index (χ0n) is 18.0. The summed E-state index contributed by atoms with van der Waals surface area (Å²) in [5.74, 6) is 1.63. The van der Waals surface area contributed by atoms with Gasteiger partial charge in [0.2, 0.25) is 0 Å². The Morgan fingerprint density at radius 2 is 1.83 bits per heavy atom. The number of hydrogen-bond donors (Lipinski definition) is 1. The molecule has 6 heteroatoms. The second kappa shape index (κ2) is 9.96. The van der Waals surface area contributed by atoms with Crippen LogP contribution < -0.4 is 19.6 Å². The van der Waals surface area contributed by atoms with Gasteiger partial charge in [-0.15, -0.1) is 0 Å². The van der Waals surface area contributed by atoms with E-state index in [1.165, 1.54) is 0 Å². The predicted octanol–water partition coefficient (Wildman–Crippen LogP) is 4.31. The highest BCUT2D eigenvalue weighted by Crippen LogP contribution is 2.31. The molecule has 0 bridgehead atoms. The molecule has 0 atom stereocenters. The number of hydrazone groups is 1. The summed E-state index contributed by atoms with van der Waals surface area (Å²) in [4.78, 5) is 12.1. The molecule has 0 heterocycles. The lowest BCUT2D eigenvalue weighted by atomic mass is 9.86. The van der Waals surface area contributed by atoms with Gasteiger partial charge in [-0.1, -0.05) is 39.0 Å². The maximum Gasteiger partial charge on any atom is 0.277 e. The molecule has 0 aliphatic carbocycles. The van der Waals surface area contributed by atoms with Crippen LogP contribution in [-0.4, -0.2) is 31.9 Å². The van der Waals surface area contributed by atoms with E-state index in [2.05, 4.69) is 31.3 Å². The van der Waals surface area contributed by atoms with Gasteiger partial charge in [0.25, 0.3) is 5.91 Å². The lowest BCUT2D eigenvalue weighted by molar-refractivity contribution is -0.123. The first-order valence-corrected chi connectivity index (χ1v) is 9.59. The number of benzene rings is 2. The molecule has 0 fully saturated rings. The maximum atomic E-state index is 12.1. The van der Waals surface area contributed by atoms with Crippen LogP contribution in [0, 0.1) is 0 Å². The molecular weight excluding hydrogens is 368 g/mol. The Bertz CT molecular complexity index is 854. The summed E-state index contributed by atoms with van der Waals surface area (Å²) in [7, 11) is 1.58. The molecule has 2 rings (SSSR count). The average Bonchev–Trinajstić information content (AvgIpc) is 2.66. The van der Waals surface area contributed by atoms with Gasteiger partial charge in [0.05, 0.1) is 19.4 Å². The van der Waals surface area contributed by atoms with Crippen molar-refractivity contribution in [1.29, 1.82) is 0 Å². The molecule has 0 spiro atoms. The summed E-state index contributed by atoms with van der Waals surface area (Å²) < 4.78 is 16.7. The second-order valence-corrected chi connectivity index (χ2v) is 7.90. The predicted molar refractivity (Wildman–Crippen MR) is 115 cm³/mol. The highest BCUT2D eigenvalue weighted by atomic mass is 16.5. The summed E-state index contributed by atoms with van der Waals surface area (Å²) in [6.45, 7) is 10.1. The molecule has 2 aromatic rings. The fourth-order valence-electron chi connectivity index (χ4n) is 2.68. The van der Waals surface area contributed by atoms with Gasteiger partial charge in [-0.05, 0) is 54.7 Å². The van der Waals surface area contributed by atoms with Gasteiger partial charge in [-0.25, -0.2) is 5.43 Å². The first kappa shape index (κ1) is 22.3. The zero-order chi connectivity index (χ0) is 21.4. The Morgan fingerprint density at radius 3 is 2.48 bits per heavy atom. The van der Waals surface area contributed by atoms with Crippen LogP contribution in [0.3, 0.4) is 0 Å². The largest absolute Gasteiger partial charge is 0.493 e. The molecule has 2 aromatic carbocycles. The molecule has 0 saturated carbocycles. The molecule has 29 heavy (non-hydrogen) atoms. The highest BCUT2D eigenvalue weighted by molar-refractivity contribution is 5.83. The molecule has 156 valence electrons. The summed E-state index contributed by atoms with van der Waals surface area (Å²) >= 11 is 0. The Labute approximate surface area is 172 Å². The van der Waals surface area contributed by atoms with E-state index in [-0.39, 0.29) is 24.0 Å². The van der Waals surface area contributed by atoms with Gasteiger partial charge in [0.15, 0.2) is 18.1 Å². The summed E-state index contributed by atoms with van der Waals surface area (Å²) in [5.41, 5.74) is 4.23. The zero-order valence-corrected chi connectivity index (χ0v) is 18.0. The number of amides is 1.